The SMILES string of the molecule is Cc1cccc(C(=O)N2CCCC2)c1NC(=O)C(C)C. The number of likely N-dealkylation sites (tertiary alicyclic amines) is 1. The van der Waals surface area contributed by atoms with Crippen molar-refractivity contribution in [2.75, 3.05) is 18.4 Å². The fourth-order valence-corrected chi connectivity index (χ4v) is 2.37. The van der Waals surface area contributed by atoms with E-state index in [1.54, 1.807) is 6.07 Å². The number of anilines is 1. The van der Waals surface area contributed by atoms with Crippen LogP contribution in [0.4, 0.5) is 5.69 Å². The Labute approximate surface area is 120 Å². The van der Waals surface area contributed by atoms with Gasteiger partial charge in [-0.05, 0) is 31.4 Å². The number of carbonyl (C=O) groups excluding carboxylic acids is 2. The topological polar surface area (TPSA) is 49.4 Å². The van der Waals surface area contributed by atoms with Crippen LogP contribution >= 0.6 is 0 Å². The maximum Gasteiger partial charge on any atom is 0.255 e. The zero-order valence-corrected chi connectivity index (χ0v) is 12.4. The van der Waals surface area contributed by atoms with Crippen LogP contribution in [0.5, 0.6) is 0 Å². The Morgan fingerprint density at radius 3 is 2.45 bits per heavy atom. The van der Waals surface area contributed by atoms with Crippen molar-refractivity contribution in [1.29, 1.82) is 0 Å². The smallest absolute Gasteiger partial charge is 0.255 e. The molecule has 0 atom stereocenters. The Balaban J connectivity index is 2.30. The van der Waals surface area contributed by atoms with E-state index in [0.29, 0.717) is 11.3 Å². The van der Waals surface area contributed by atoms with E-state index >= 15 is 0 Å². The molecule has 20 heavy (non-hydrogen) atoms. The van der Waals surface area contributed by atoms with Crippen molar-refractivity contribution in [3.8, 4) is 0 Å². The Morgan fingerprint density at radius 2 is 1.85 bits per heavy atom. The number of nitrogens with one attached hydrogen (secondary N) is 1. The standard InChI is InChI=1S/C16H22N2O2/c1-11(2)15(19)17-14-12(3)7-6-8-13(14)16(20)18-9-4-5-10-18/h6-8,11H,4-5,9-10H2,1-3H3,(H,17,19). The molecule has 0 aromatic heterocycles. The molecule has 1 aromatic rings. The number of benzene rings is 1. The maximum absolute atomic E-state index is 12.5. The molecule has 0 radical (unpaired) electrons. The molecule has 2 amide bonds. The van der Waals surface area contributed by atoms with Gasteiger partial charge < -0.3 is 10.2 Å². The molecule has 4 nitrogen and oxygen atoms in total. The first-order valence-electron chi connectivity index (χ1n) is 7.20. The monoisotopic (exact) mass is 274 g/mol. The first-order valence-corrected chi connectivity index (χ1v) is 7.20. The van der Waals surface area contributed by atoms with Crippen molar-refractivity contribution < 1.29 is 9.59 Å². The predicted molar refractivity (Wildman–Crippen MR) is 79.8 cm³/mol. The molecule has 0 bridgehead atoms. The minimum atomic E-state index is -0.107. The highest BCUT2D eigenvalue weighted by atomic mass is 16.2. The van der Waals surface area contributed by atoms with Gasteiger partial charge in [0.25, 0.3) is 5.91 Å². The van der Waals surface area contributed by atoms with Gasteiger partial charge in [-0.2, -0.15) is 0 Å². The van der Waals surface area contributed by atoms with Crippen LogP contribution in [-0.4, -0.2) is 29.8 Å². The molecule has 1 aromatic carbocycles. The van der Waals surface area contributed by atoms with Crippen LogP contribution in [0, 0.1) is 12.8 Å². The lowest BCUT2D eigenvalue weighted by Gasteiger charge is -2.19. The number of nitrogens with zero attached hydrogens (tertiary/aromatic N) is 1. The molecule has 0 aliphatic carbocycles. The first kappa shape index (κ1) is 14.6. The quantitative estimate of drug-likeness (QED) is 0.921. The number of amides is 2. The molecule has 1 N–H and O–H groups in total. The van der Waals surface area contributed by atoms with Gasteiger partial charge in [0, 0.05) is 19.0 Å². The van der Waals surface area contributed by atoms with Crippen LogP contribution in [0.3, 0.4) is 0 Å². The van der Waals surface area contributed by atoms with Crippen LogP contribution in [0.1, 0.15) is 42.6 Å². The summed E-state index contributed by atoms with van der Waals surface area (Å²) >= 11 is 0. The summed E-state index contributed by atoms with van der Waals surface area (Å²) in [7, 11) is 0. The van der Waals surface area contributed by atoms with E-state index in [1.165, 1.54) is 0 Å². The highest BCUT2D eigenvalue weighted by molar-refractivity contribution is 6.05. The summed E-state index contributed by atoms with van der Waals surface area (Å²) in [5.74, 6) is -0.149. The zero-order chi connectivity index (χ0) is 14.7. The summed E-state index contributed by atoms with van der Waals surface area (Å²) in [6.45, 7) is 7.22. The van der Waals surface area contributed by atoms with E-state index in [1.807, 2.05) is 37.8 Å². The number of para-hydroxylation sites is 1. The summed E-state index contributed by atoms with van der Waals surface area (Å²) in [5.41, 5.74) is 2.17. The number of rotatable bonds is 3. The lowest BCUT2D eigenvalue weighted by atomic mass is 10.1. The van der Waals surface area contributed by atoms with E-state index in [4.69, 9.17) is 0 Å². The highest BCUT2D eigenvalue weighted by Gasteiger charge is 2.23. The van der Waals surface area contributed by atoms with Gasteiger partial charge in [0.15, 0.2) is 0 Å². The fourth-order valence-electron chi connectivity index (χ4n) is 2.37. The van der Waals surface area contributed by atoms with Gasteiger partial charge in [-0.15, -0.1) is 0 Å². The zero-order valence-electron chi connectivity index (χ0n) is 12.4. The van der Waals surface area contributed by atoms with E-state index < -0.39 is 0 Å². The van der Waals surface area contributed by atoms with Gasteiger partial charge in [0.2, 0.25) is 5.91 Å². The van der Waals surface area contributed by atoms with Crippen molar-refractivity contribution in [3.05, 3.63) is 29.3 Å². The third kappa shape index (κ3) is 3.00. The van der Waals surface area contributed by atoms with Gasteiger partial charge in [0.1, 0.15) is 0 Å². The molecule has 0 saturated carbocycles. The van der Waals surface area contributed by atoms with Gasteiger partial charge >= 0.3 is 0 Å². The fraction of sp³-hybridized carbons (Fsp3) is 0.500. The Morgan fingerprint density at radius 1 is 1.20 bits per heavy atom. The van der Waals surface area contributed by atoms with Crippen LogP contribution in [0.15, 0.2) is 18.2 Å². The summed E-state index contributed by atoms with van der Waals surface area (Å²) < 4.78 is 0. The number of carbonyl (C=O) groups is 2. The molecule has 108 valence electrons. The van der Waals surface area contributed by atoms with Crippen molar-refractivity contribution in [2.45, 2.75) is 33.6 Å². The number of hydrogen-bond acceptors (Lipinski definition) is 2. The Hall–Kier alpha value is -1.84. The molecule has 1 aliphatic rings. The highest BCUT2D eigenvalue weighted by Crippen LogP contribution is 2.24. The molecule has 1 saturated heterocycles. The second-order valence-electron chi connectivity index (χ2n) is 5.64. The molecular weight excluding hydrogens is 252 g/mol. The number of aryl methyl sites for hydroxylation is 1. The van der Waals surface area contributed by atoms with Crippen LogP contribution < -0.4 is 5.32 Å². The molecule has 0 unspecified atom stereocenters. The van der Waals surface area contributed by atoms with E-state index in [-0.39, 0.29) is 17.7 Å². The van der Waals surface area contributed by atoms with Crippen molar-refractivity contribution in [3.63, 3.8) is 0 Å². The number of hydrogen-bond donors (Lipinski definition) is 1. The molecule has 4 heteroatoms. The summed E-state index contributed by atoms with van der Waals surface area (Å²) in [6.07, 6.45) is 2.12. The van der Waals surface area contributed by atoms with Crippen LogP contribution in [0.2, 0.25) is 0 Å². The lowest BCUT2D eigenvalue weighted by Crippen LogP contribution is -2.29. The summed E-state index contributed by atoms with van der Waals surface area (Å²) in [5, 5.41) is 2.90. The average Bonchev–Trinajstić information content (AvgIpc) is 2.94. The van der Waals surface area contributed by atoms with Crippen LogP contribution in [-0.2, 0) is 4.79 Å². The Bertz CT molecular complexity index is 517. The van der Waals surface area contributed by atoms with E-state index in [9.17, 15) is 9.59 Å². The third-order valence-corrected chi connectivity index (χ3v) is 3.67. The van der Waals surface area contributed by atoms with Gasteiger partial charge in [-0.25, -0.2) is 0 Å². The maximum atomic E-state index is 12.5. The van der Waals surface area contributed by atoms with Gasteiger partial charge in [-0.3, -0.25) is 9.59 Å². The van der Waals surface area contributed by atoms with Crippen LogP contribution in [0.25, 0.3) is 0 Å². The summed E-state index contributed by atoms with van der Waals surface area (Å²) in [6, 6.07) is 5.57. The minimum Gasteiger partial charge on any atom is -0.339 e. The van der Waals surface area contributed by atoms with Crippen molar-refractivity contribution in [1.82, 2.24) is 4.90 Å². The third-order valence-electron chi connectivity index (χ3n) is 3.67. The minimum absolute atomic E-state index is 0.0188. The molecular formula is C16H22N2O2. The normalized spacial score (nSPS) is 14.7. The Kier molecular flexibility index (Phi) is 4.42. The van der Waals surface area contributed by atoms with Crippen molar-refractivity contribution >= 4 is 17.5 Å². The second kappa shape index (κ2) is 6.07. The van der Waals surface area contributed by atoms with Gasteiger partial charge in [-0.1, -0.05) is 26.0 Å². The molecule has 1 fully saturated rings. The molecule has 0 spiro atoms. The van der Waals surface area contributed by atoms with Gasteiger partial charge in [0.05, 0.1) is 11.3 Å². The van der Waals surface area contributed by atoms with E-state index in [2.05, 4.69) is 5.32 Å². The molecule has 2 rings (SSSR count). The molecule has 1 aliphatic heterocycles. The average molecular weight is 274 g/mol. The lowest BCUT2D eigenvalue weighted by molar-refractivity contribution is -0.118. The molecule has 1 heterocycles. The first-order chi connectivity index (χ1) is 9.50. The van der Waals surface area contributed by atoms with E-state index in [0.717, 1.165) is 31.5 Å². The summed E-state index contributed by atoms with van der Waals surface area (Å²) in [4.78, 5) is 26.3. The largest absolute Gasteiger partial charge is 0.339 e. The second-order valence-corrected chi connectivity index (χ2v) is 5.64. The van der Waals surface area contributed by atoms with Crippen molar-refractivity contribution in [2.24, 2.45) is 5.92 Å². The predicted octanol–water partition coefficient (Wildman–Crippen LogP) is 2.83.